The van der Waals surface area contributed by atoms with E-state index in [-0.39, 0.29) is 11.9 Å². The number of para-hydroxylation sites is 1. The Kier molecular flexibility index (Phi) is 5.56. The molecule has 2 N–H and O–H groups in total. The SMILES string of the molecule is O=C(Nc1csc(-c2cnn(CC(F)(F)F)c2)n1)N[C@H]1CCOc2c(Cl)cccc21. The van der Waals surface area contributed by atoms with Crippen LogP contribution in [0.25, 0.3) is 10.6 Å². The lowest BCUT2D eigenvalue weighted by Gasteiger charge is -2.27. The number of nitrogens with one attached hydrogen (secondary N) is 2. The van der Waals surface area contributed by atoms with Gasteiger partial charge in [0.25, 0.3) is 0 Å². The number of carbonyl (C=O) groups excluding carboxylic acids is 1. The number of rotatable bonds is 4. The number of halogens is 4. The number of carbonyl (C=O) groups is 1. The number of thiazole rings is 1. The number of aromatic nitrogens is 3. The van der Waals surface area contributed by atoms with Gasteiger partial charge in [-0.25, -0.2) is 9.78 Å². The zero-order valence-electron chi connectivity index (χ0n) is 15.2. The van der Waals surface area contributed by atoms with Crippen LogP contribution in [0.3, 0.4) is 0 Å². The zero-order valence-corrected chi connectivity index (χ0v) is 16.8. The van der Waals surface area contributed by atoms with Gasteiger partial charge in [0, 0.05) is 29.1 Å². The Hall–Kier alpha value is -2.79. The Morgan fingerprint density at radius 3 is 3.03 bits per heavy atom. The van der Waals surface area contributed by atoms with Crippen molar-refractivity contribution in [3.63, 3.8) is 0 Å². The van der Waals surface area contributed by atoms with Crippen LogP contribution in [-0.2, 0) is 6.54 Å². The quantitative estimate of drug-likeness (QED) is 0.586. The number of hydrogen-bond donors (Lipinski definition) is 2. The number of nitrogens with zero attached hydrogens (tertiary/aromatic N) is 3. The Bertz CT molecular complexity index is 1070. The van der Waals surface area contributed by atoms with Crippen LogP contribution in [0.4, 0.5) is 23.8 Å². The summed E-state index contributed by atoms with van der Waals surface area (Å²) >= 11 is 7.33. The molecule has 1 atom stereocenters. The van der Waals surface area contributed by atoms with Gasteiger partial charge in [0.05, 0.1) is 23.9 Å². The summed E-state index contributed by atoms with van der Waals surface area (Å²) in [5, 5.41) is 11.7. The molecule has 1 aliphatic rings. The predicted molar refractivity (Wildman–Crippen MR) is 106 cm³/mol. The van der Waals surface area contributed by atoms with Crippen molar-refractivity contribution in [2.24, 2.45) is 0 Å². The maximum Gasteiger partial charge on any atom is 0.408 e. The van der Waals surface area contributed by atoms with Gasteiger partial charge in [-0.05, 0) is 6.07 Å². The summed E-state index contributed by atoms with van der Waals surface area (Å²) in [5.41, 5.74) is 1.23. The number of alkyl halides is 3. The minimum atomic E-state index is -4.36. The third-order valence-corrected chi connectivity index (χ3v) is 5.49. The molecule has 1 aromatic carbocycles. The second-order valence-electron chi connectivity index (χ2n) is 6.53. The number of hydrogen-bond acceptors (Lipinski definition) is 5. The number of anilines is 1. The highest BCUT2D eigenvalue weighted by Gasteiger charge is 2.28. The maximum absolute atomic E-state index is 12.5. The summed E-state index contributed by atoms with van der Waals surface area (Å²) in [6.07, 6.45) is -1.21. The summed E-state index contributed by atoms with van der Waals surface area (Å²) in [6.45, 7) is -0.757. The minimum absolute atomic E-state index is 0.272. The van der Waals surface area contributed by atoms with Crippen molar-refractivity contribution < 1.29 is 22.7 Å². The highest BCUT2D eigenvalue weighted by atomic mass is 35.5. The van der Waals surface area contributed by atoms with Crippen molar-refractivity contribution in [3.8, 4) is 16.3 Å². The van der Waals surface area contributed by atoms with E-state index in [0.29, 0.717) is 34.4 Å². The van der Waals surface area contributed by atoms with E-state index in [1.54, 1.807) is 17.5 Å². The van der Waals surface area contributed by atoms with Crippen LogP contribution >= 0.6 is 22.9 Å². The minimum Gasteiger partial charge on any atom is -0.492 e. The fourth-order valence-corrected chi connectivity index (χ4v) is 4.02. The number of amides is 2. The molecule has 3 heterocycles. The van der Waals surface area contributed by atoms with E-state index >= 15 is 0 Å². The molecule has 12 heteroatoms. The Balaban J connectivity index is 1.40. The van der Waals surface area contributed by atoms with Crippen LogP contribution in [0.15, 0.2) is 36.0 Å². The third kappa shape index (κ3) is 4.68. The van der Waals surface area contributed by atoms with Crippen LogP contribution < -0.4 is 15.4 Å². The molecule has 1 aliphatic heterocycles. The summed E-state index contributed by atoms with van der Waals surface area (Å²) in [4.78, 5) is 16.7. The molecule has 0 unspecified atom stereocenters. The van der Waals surface area contributed by atoms with E-state index in [0.717, 1.165) is 10.2 Å². The fourth-order valence-electron chi connectivity index (χ4n) is 3.06. The molecule has 0 fully saturated rings. The molecule has 0 saturated carbocycles. The molecule has 3 aromatic rings. The number of fused-ring (bicyclic) bond motifs is 1. The first-order chi connectivity index (χ1) is 14.3. The average Bonchev–Trinajstić information content (AvgIpc) is 3.30. The molecule has 0 bridgehead atoms. The van der Waals surface area contributed by atoms with Crippen molar-refractivity contribution >= 4 is 34.8 Å². The molecule has 0 spiro atoms. The molecule has 4 rings (SSSR count). The van der Waals surface area contributed by atoms with Gasteiger partial charge >= 0.3 is 12.2 Å². The zero-order chi connectivity index (χ0) is 21.3. The van der Waals surface area contributed by atoms with Crippen molar-refractivity contribution in [2.45, 2.75) is 25.2 Å². The number of ether oxygens (including phenoxy) is 1. The van der Waals surface area contributed by atoms with Gasteiger partial charge in [0.2, 0.25) is 0 Å². The molecule has 7 nitrogen and oxygen atoms in total. The third-order valence-electron chi connectivity index (χ3n) is 4.30. The van der Waals surface area contributed by atoms with E-state index < -0.39 is 18.8 Å². The monoisotopic (exact) mass is 457 g/mol. The van der Waals surface area contributed by atoms with E-state index in [1.807, 2.05) is 6.07 Å². The topological polar surface area (TPSA) is 81.1 Å². The smallest absolute Gasteiger partial charge is 0.408 e. The van der Waals surface area contributed by atoms with Crippen molar-refractivity contribution in [2.75, 3.05) is 11.9 Å². The predicted octanol–water partition coefficient (Wildman–Crippen LogP) is 4.87. The Labute approximate surface area is 177 Å². The van der Waals surface area contributed by atoms with Gasteiger partial charge in [-0.1, -0.05) is 23.7 Å². The largest absolute Gasteiger partial charge is 0.492 e. The van der Waals surface area contributed by atoms with Crippen LogP contribution in [0.1, 0.15) is 18.0 Å². The number of benzene rings is 1. The highest BCUT2D eigenvalue weighted by Crippen LogP contribution is 2.37. The van der Waals surface area contributed by atoms with Gasteiger partial charge < -0.3 is 10.1 Å². The molecule has 158 valence electrons. The first-order valence-electron chi connectivity index (χ1n) is 8.82. The summed E-state index contributed by atoms with van der Waals surface area (Å²) in [5.74, 6) is 0.844. The summed E-state index contributed by atoms with van der Waals surface area (Å²) in [7, 11) is 0. The van der Waals surface area contributed by atoms with Crippen molar-refractivity contribution in [1.29, 1.82) is 0 Å². The van der Waals surface area contributed by atoms with E-state index in [2.05, 4.69) is 20.7 Å². The standard InChI is InChI=1S/C18H15ClF3N5O2S/c19-12-3-1-2-11-13(4-5-29-15(11)12)24-17(28)26-14-8-30-16(25-14)10-6-23-27(7-10)9-18(20,21)22/h1-3,6-8,13H,4-5,9H2,(H2,24,26,28)/t13-/m0/s1. The molecule has 0 aliphatic carbocycles. The van der Waals surface area contributed by atoms with Crippen molar-refractivity contribution in [3.05, 3.63) is 46.6 Å². The summed E-state index contributed by atoms with van der Waals surface area (Å²) < 4.78 is 43.8. The van der Waals surface area contributed by atoms with Gasteiger partial charge in [-0.2, -0.15) is 18.3 Å². The molecule has 2 amide bonds. The maximum atomic E-state index is 12.5. The molecule has 0 radical (unpaired) electrons. The fraction of sp³-hybridized carbons (Fsp3) is 0.278. The normalized spacial score (nSPS) is 15.9. The van der Waals surface area contributed by atoms with Gasteiger partial charge in [0.15, 0.2) is 0 Å². The van der Waals surface area contributed by atoms with Crippen LogP contribution in [0.5, 0.6) is 5.75 Å². The highest BCUT2D eigenvalue weighted by molar-refractivity contribution is 7.13. The van der Waals surface area contributed by atoms with Crippen LogP contribution in [0, 0.1) is 0 Å². The van der Waals surface area contributed by atoms with Crippen LogP contribution in [0.2, 0.25) is 5.02 Å². The average molecular weight is 458 g/mol. The molecule has 30 heavy (non-hydrogen) atoms. The number of urea groups is 1. The lowest BCUT2D eigenvalue weighted by Crippen LogP contribution is -2.35. The molecule has 0 saturated heterocycles. The summed E-state index contributed by atoms with van der Waals surface area (Å²) in [6, 6.07) is 4.61. The van der Waals surface area contributed by atoms with Gasteiger partial charge in [-0.15, -0.1) is 11.3 Å². The lowest BCUT2D eigenvalue weighted by atomic mass is 10.0. The van der Waals surface area contributed by atoms with Gasteiger partial charge in [0.1, 0.15) is 23.1 Å². The van der Waals surface area contributed by atoms with E-state index in [1.165, 1.54) is 23.7 Å². The van der Waals surface area contributed by atoms with Crippen molar-refractivity contribution in [1.82, 2.24) is 20.1 Å². The lowest BCUT2D eigenvalue weighted by molar-refractivity contribution is -0.142. The molecule has 2 aromatic heterocycles. The Morgan fingerprint density at radius 2 is 2.23 bits per heavy atom. The first-order valence-corrected chi connectivity index (χ1v) is 10.1. The van der Waals surface area contributed by atoms with Crippen LogP contribution in [-0.4, -0.2) is 33.6 Å². The second kappa shape index (κ2) is 8.15. The van der Waals surface area contributed by atoms with E-state index in [4.69, 9.17) is 16.3 Å². The molecular weight excluding hydrogens is 443 g/mol. The Morgan fingerprint density at radius 1 is 1.40 bits per heavy atom. The second-order valence-corrected chi connectivity index (χ2v) is 7.79. The molecular formula is C18H15ClF3N5O2S. The van der Waals surface area contributed by atoms with Gasteiger partial charge in [-0.3, -0.25) is 10.00 Å². The van der Waals surface area contributed by atoms with E-state index in [9.17, 15) is 18.0 Å². The first kappa shape index (κ1) is 20.5.